The van der Waals surface area contributed by atoms with Gasteiger partial charge in [0.05, 0.1) is 0 Å². The van der Waals surface area contributed by atoms with Crippen molar-refractivity contribution in [3.05, 3.63) is 12.2 Å². The normalized spacial score (nSPS) is 13.1. The predicted molar refractivity (Wildman–Crippen MR) is 203 cm³/mol. The lowest BCUT2D eigenvalue weighted by Crippen LogP contribution is -2.28. The molecule has 0 fully saturated rings. The smallest absolute Gasteiger partial charge is 0.000661 e. The van der Waals surface area contributed by atoms with Crippen molar-refractivity contribution < 1.29 is 0 Å². The van der Waals surface area contributed by atoms with E-state index in [-0.39, 0.29) is 0 Å². The van der Waals surface area contributed by atoms with E-state index in [4.69, 9.17) is 0 Å². The minimum atomic E-state index is 0.869. The zero-order valence-corrected chi connectivity index (χ0v) is 32.0. The first kappa shape index (κ1) is 43.7. The molecule has 0 radical (unpaired) electrons. The van der Waals surface area contributed by atoms with Crippen molar-refractivity contribution in [2.24, 2.45) is 17.8 Å². The van der Waals surface area contributed by atoms with Crippen LogP contribution in [0.15, 0.2) is 12.2 Å². The lowest BCUT2D eigenvalue weighted by atomic mass is 9.95. The molecule has 0 aromatic heterocycles. The van der Waals surface area contributed by atoms with Crippen molar-refractivity contribution >= 4 is 0 Å². The van der Waals surface area contributed by atoms with Crippen molar-refractivity contribution in [2.45, 2.75) is 202 Å². The van der Waals surface area contributed by atoms with E-state index in [2.05, 4.69) is 70.7 Å². The maximum absolute atomic E-state index is 2.67. The van der Waals surface area contributed by atoms with E-state index in [0.29, 0.717) is 0 Å². The summed E-state index contributed by atoms with van der Waals surface area (Å²) < 4.78 is 0. The standard InChI is InChI=1S/C42H86N2/c1-8-9-10-11-12-13-14-15-16-17-18-23-28-34-42(39-44(7)37-30-25-20-22-27-33-41(4)5)35-31-38-43(6)36-29-24-19-21-26-32-40(2)3/h15-16,40-42H,8-14,17-39H2,1-7H3/b16-15-. The molecule has 2 nitrogen and oxygen atoms in total. The highest BCUT2D eigenvalue weighted by molar-refractivity contribution is 4.81. The number of allylic oxidation sites excluding steroid dienone is 2. The van der Waals surface area contributed by atoms with Crippen molar-refractivity contribution in [1.29, 1.82) is 0 Å². The number of hydrogen-bond donors (Lipinski definition) is 0. The third-order valence-corrected chi connectivity index (χ3v) is 9.74. The second kappa shape index (κ2) is 34.0. The first-order chi connectivity index (χ1) is 21.3. The Morgan fingerprint density at radius 3 is 1.34 bits per heavy atom. The fourth-order valence-corrected chi connectivity index (χ4v) is 6.70. The van der Waals surface area contributed by atoms with Gasteiger partial charge in [0.25, 0.3) is 0 Å². The molecule has 0 spiro atoms. The van der Waals surface area contributed by atoms with Gasteiger partial charge in [-0.3, -0.25) is 0 Å². The highest BCUT2D eigenvalue weighted by Crippen LogP contribution is 2.19. The van der Waals surface area contributed by atoms with E-state index in [1.807, 2.05) is 0 Å². The van der Waals surface area contributed by atoms with Crippen LogP contribution in [-0.4, -0.2) is 50.1 Å². The summed E-state index contributed by atoms with van der Waals surface area (Å²) in [5.74, 6) is 2.62. The molecule has 264 valence electrons. The van der Waals surface area contributed by atoms with Crippen LogP contribution in [0, 0.1) is 17.8 Å². The Morgan fingerprint density at radius 1 is 0.409 bits per heavy atom. The molecule has 0 bridgehead atoms. The highest BCUT2D eigenvalue weighted by Gasteiger charge is 2.12. The first-order valence-electron chi connectivity index (χ1n) is 20.4. The Bertz CT molecular complexity index is 568. The van der Waals surface area contributed by atoms with Crippen molar-refractivity contribution in [3.8, 4) is 0 Å². The van der Waals surface area contributed by atoms with Gasteiger partial charge in [-0.15, -0.1) is 0 Å². The molecule has 2 heteroatoms. The maximum Gasteiger partial charge on any atom is 0.000661 e. The van der Waals surface area contributed by atoms with Gasteiger partial charge in [0, 0.05) is 6.54 Å². The van der Waals surface area contributed by atoms with Crippen LogP contribution in [0.2, 0.25) is 0 Å². The van der Waals surface area contributed by atoms with Gasteiger partial charge in [0.15, 0.2) is 0 Å². The van der Waals surface area contributed by atoms with E-state index < -0.39 is 0 Å². The summed E-state index contributed by atoms with van der Waals surface area (Å²) in [6, 6.07) is 0. The predicted octanol–water partition coefficient (Wildman–Crippen LogP) is 13.5. The summed E-state index contributed by atoms with van der Waals surface area (Å²) in [6.07, 6.45) is 41.4. The molecule has 0 aliphatic heterocycles. The second-order valence-corrected chi connectivity index (χ2v) is 15.6. The molecule has 0 rings (SSSR count). The summed E-state index contributed by atoms with van der Waals surface area (Å²) >= 11 is 0. The lowest BCUT2D eigenvalue weighted by molar-refractivity contribution is 0.235. The number of hydrogen-bond acceptors (Lipinski definition) is 2. The van der Waals surface area contributed by atoms with Gasteiger partial charge in [-0.25, -0.2) is 0 Å². The van der Waals surface area contributed by atoms with Crippen LogP contribution in [0.3, 0.4) is 0 Å². The van der Waals surface area contributed by atoms with E-state index in [1.54, 1.807) is 0 Å². The molecule has 0 aliphatic rings. The molecule has 0 saturated carbocycles. The fraction of sp³-hybridized carbons (Fsp3) is 0.952. The first-order valence-corrected chi connectivity index (χ1v) is 20.4. The van der Waals surface area contributed by atoms with Crippen LogP contribution < -0.4 is 0 Å². The third-order valence-electron chi connectivity index (χ3n) is 9.74. The lowest BCUT2D eigenvalue weighted by Gasteiger charge is -2.25. The summed E-state index contributed by atoms with van der Waals surface area (Å²) in [5, 5.41) is 0. The van der Waals surface area contributed by atoms with Crippen LogP contribution in [0.5, 0.6) is 0 Å². The van der Waals surface area contributed by atoms with Gasteiger partial charge in [-0.1, -0.05) is 156 Å². The highest BCUT2D eigenvalue weighted by atomic mass is 15.1. The minimum Gasteiger partial charge on any atom is -0.306 e. The zero-order valence-electron chi connectivity index (χ0n) is 32.0. The third kappa shape index (κ3) is 34.5. The van der Waals surface area contributed by atoms with Gasteiger partial charge in [0.1, 0.15) is 0 Å². The SMILES string of the molecule is CCCCCCCC/C=C\CCCCCC(CCCN(C)CCCCCCCC(C)C)CN(C)CCCCCCCC(C)C. The summed E-state index contributed by atoms with van der Waals surface area (Å²) in [5.41, 5.74) is 0. The molecule has 0 saturated heterocycles. The Labute approximate surface area is 281 Å². The molecule has 0 aromatic rings. The topological polar surface area (TPSA) is 6.48 Å². The second-order valence-electron chi connectivity index (χ2n) is 15.6. The van der Waals surface area contributed by atoms with E-state index in [0.717, 1.165) is 17.8 Å². The van der Waals surface area contributed by atoms with Gasteiger partial charge in [-0.2, -0.15) is 0 Å². The number of rotatable bonds is 35. The van der Waals surface area contributed by atoms with Crippen LogP contribution in [0.1, 0.15) is 202 Å². The molecule has 0 aliphatic carbocycles. The number of unbranched alkanes of at least 4 members (excludes halogenated alkanes) is 17. The summed E-state index contributed by atoms with van der Waals surface area (Å²) in [6.45, 7) is 16.9. The minimum absolute atomic E-state index is 0.869. The fourth-order valence-electron chi connectivity index (χ4n) is 6.70. The largest absolute Gasteiger partial charge is 0.306 e. The molecule has 0 amide bonds. The molecule has 0 N–H and O–H groups in total. The molecule has 1 unspecified atom stereocenters. The van der Waals surface area contributed by atoms with E-state index in [1.165, 1.54) is 193 Å². The van der Waals surface area contributed by atoms with E-state index >= 15 is 0 Å². The Balaban J connectivity index is 4.24. The number of nitrogens with zero attached hydrogens (tertiary/aromatic N) is 2. The molecule has 0 aromatic carbocycles. The van der Waals surface area contributed by atoms with E-state index in [9.17, 15) is 0 Å². The van der Waals surface area contributed by atoms with Gasteiger partial charge in [0.2, 0.25) is 0 Å². The Hall–Kier alpha value is -0.340. The maximum atomic E-state index is 2.67. The van der Waals surface area contributed by atoms with Crippen molar-refractivity contribution in [2.75, 3.05) is 40.3 Å². The van der Waals surface area contributed by atoms with Gasteiger partial charge >= 0.3 is 0 Å². The van der Waals surface area contributed by atoms with Crippen LogP contribution in [0.4, 0.5) is 0 Å². The Kier molecular flexibility index (Phi) is 33.7. The zero-order chi connectivity index (χ0) is 32.5. The van der Waals surface area contributed by atoms with Crippen molar-refractivity contribution in [1.82, 2.24) is 9.80 Å². The average molecular weight is 619 g/mol. The summed E-state index contributed by atoms with van der Waals surface area (Å²) in [7, 11) is 4.76. The van der Waals surface area contributed by atoms with Crippen molar-refractivity contribution in [3.63, 3.8) is 0 Å². The van der Waals surface area contributed by atoms with Crippen LogP contribution in [0.25, 0.3) is 0 Å². The quantitative estimate of drug-likeness (QED) is 0.0515. The molecular weight excluding hydrogens is 532 g/mol. The average Bonchev–Trinajstić information content (AvgIpc) is 2.98. The molecular formula is C42H86N2. The van der Waals surface area contributed by atoms with Gasteiger partial charge < -0.3 is 9.80 Å². The Morgan fingerprint density at radius 2 is 0.795 bits per heavy atom. The van der Waals surface area contributed by atoms with Gasteiger partial charge in [-0.05, 0) is 109 Å². The summed E-state index contributed by atoms with van der Waals surface area (Å²) in [4.78, 5) is 5.29. The molecule has 44 heavy (non-hydrogen) atoms. The van der Waals surface area contributed by atoms with Crippen LogP contribution in [-0.2, 0) is 0 Å². The monoisotopic (exact) mass is 619 g/mol. The molecule has 1 atom stereocenters. The van der Waals surface area contributed by atoms with Crippen LogP contribution >= 0.6 is 0 Å². The molecule has 0 heterocycles.